The number of hydrogen-bond donors (Lipinski definition) is 1. The second-order valence-corrected chi connectivity index (χ2v) is 2.53. The lowest BCUT2D eigenvalue weighted by Gasteiger charge is -1.98. The van der Waals surface area contributed by atoms with E-state index in [1.54, 1.807) is 0 Å². The summed E-state index contributed by atoms with van der Waals surface area (Å²) < 4.78 is 4.67. The average molecular weight is 225 g/mol. The minimum atomic E-state index is -0.981. The van der Waals surface area contributed by atoms with Crippen LogP contribution in [0.3, 0.4) is 0 Å². The van der Waals surface area contributed by atoms with E-state index in [0.29, 0.717) is 13.0 Å². The van der Waals surface area contributed by atoms with Gasteiger partial charge in [-0.1, -0.05) is 13.2 Å². The van der Waals surface area contributed by atoms with E-state index < -0.39 is 11.9 Å². The van der Waals surface area contributed by atoms with Crippen LogP contribution < -0.4 is 0 Å². The highest BCUT2D eigenvalue weighted by Gasteiger charge is 1.93. The van der Waals surface area contributed by atoms with Gasteiger partial charge < -0.3 is 9.84 Å². The van der Waals surface area contributed by atoms with E-state index in [9.17, 15) is 9.59 Å². The van der Waals surface area contributed by atoms with Crippen molar-refractivity contribution in [3.8, 4) is 6.07 Å². The number of carbonyl (C=O) groups excluding carboxylic acids is 1. The van der Waals surface area contributed by atoms with Crippen molar-refractivity contribution in [1.82, 2.24) is 0 Å². The summed E-state index contributed by atoms with van der Waals surface area (Å²) in [5.41, 5.74) is 0. The number of ether oxygens (including phenoxy) is 1. The number of hydrogen-bond acceptors (Lipinski definition) is 4. The quantitative estimate of drug-likeness (QED) is 0.422. The SMILES string of the molecule is C=CC(=O)O.C=CC(=O)OCCCCC#N. The molecule has 0 radical (unpaired) electrons. The molecule has 1 N–H and O–H groups in total. The minimum Gasteiger partial charge on any atom is -0.478 e. The maximum Gasteiger partial charge on any atom is 0.330 e. The number of carboxylic acid groups (broad SMARTS) is 1. The molecule has 0 aliphatic rings. The second-order valence-electron chi connectivity index (χ2n) is 2.53. The summed E-state index contributed by atoms with van der Waals surface area (Å²) in [4.78, 5) is 19.7. The van der Waals surface area contributed by atoms with Gasteiger partial charge in [0.2, 0.25) is 0 Å². The smallest absolute Gasteiger partial charge is 0.330 e. The highest BCUT2D eigenvalue weighted by molar-refractivity contribution is 5.81. The predicted molar refractivity (Wildman–Crippen MR) is 58.5 cm³/mol. The Morgan fingerprint density at radius 2 is 1.88 bits per heavy atom. The molecule has 0 spiro atoms. The van der Waals surface area contributed by atoms with Crippen LogP contribution in [0.5, 0.6) is 0 Å². The van der Waals surface area contributed by atoms with Crippen LogP contribution in [-0.2, 0) is 14.3 Å². The Balaban J connectivity index is 0. The number of aliphatic carboxylic acids is 1. The molecule has 5 heteroatoms. The molecule has 5 nitrogen and oxygen atoms in total. The Morgan fingerprint density at radius 1 is 1.31 bits per heavy atom. The molecule has 0 aromatic rings. The van der Waals surface area contributed by atoms with Crippen molar-refractivity contribution in [2.75, 3.05) is 6.61 Å². The maximum absolute atomic E-state index is 10.4. The Bertz CT molecular complexity index is 278. The van der Waals surface area contributed by atoms with Crippen molar-refractivity contribution in [1.29, 1.82) is 5.26 Å². The largest absolute Gasteiger partial charge is 0.478 e. The van der Waals surface area contributed by atoms with Crippen LogP contribution in [0.2, 0.25) is 0 Å². The monoisotopic (exact) mass is 225 g/mol. The van der Waals surface area contributed by atoms with Crippen molar-refractivity contribution in [3.05, 3.63) is 25.3 Å². The van der Waals surface area contributed by atoms with Gasteiger partial charge in [-0.15, -0.1) is 0 Å². The first-order valence-corrected chi connectivity index (χ1v) is 4.60. The molecular weight excluding hydrogens is 210 g/mol. The molecule has 0 atom stereocenters. The summed E-state index contributed by atoms with van der Waals surface area (Å²) >= 11 is 0. The summed E-state index contributed by atoms with van der Waals surface area (Å²) in [7, 11) is 0. The van der Waals surface area contributed by atoms with Gasteiger partial charge in [-0.3, -0.25) is 0 Å². The fourth-order valence-electron chi connectivity index (χ4n) is 0.538. The van der Waals surface area contributed by atoms with Crippen LogP contribution in [0.25, 0.3) is 0 Å². The van der Waals surface area contributed by atoms with Crippen molar-refractivity contribution in [3.63, 3.8) is 0 Å². The number of esters is 1. The van der Waals surface area contributed by atoms with Crippen molar-refractivity contribution < 1.29 is 19.4 Å². The third kappa shape index (κ3) is 17.9. The normalized spacial score (nSPS) is 7.69. The van der Waals surface area contributed by atoms with Gasteiger partial charge in [-0.05, 0) is 12.8 Å². The van der Waals surface area contributed by atoms with Gasteiger partial charge in [0, 0.05) is 18.6 Å². The maximum atomic E-state index is 10.4. The highest BCUT2D eigenvalue weighted by atomic mass is 16.5. The predicted octanol–water partition coefficient (Wildman–Crippen LogP) is 1.67. The molecule has 0 aliphatic heterocycles. The molecule has 0 fully saturated rings. The number of nitrogens with zero attached hydrogens (tertiary/aromatic N) is 1. The van der Waals surface area contributed by atoms with E-state index in [4.69, 9.17) is 10.4 Å². The zero-order chi connectivity index (χ0) is 12.8. The Morgan fingerprint density at radius 3 is 2.25 bits per heavy atom. The van der Waals surface area contributed by atoms with Gasteiger partial charge in [0.15, 0.2) is 0 Å². The van der Waals surface area contributed by atoms with E-state index in [1.807, 2.05) is 6.07 Å². The molecule has 0 aromatic carbocycles. The number of unbranched alkanes of at least 4 members (excludes halogenated alkanes) is 2. The van der Waals surface area contributed by atoms with Gasteiger partial charge in [-0.25, -0.2) is 9.59 Å². The fraction of sp³-hybridized carbons (Fsp3) is 0.364. The first-order valence-electron chi connectivity index (χ1n) is 4.60. The topological polar surface area (TPSA) is 87.4 Å². The summed E-state index contributed by atoms with van der Waals surface area (Å²) in [6.45, 7) is 6.59. The van der Waals surface area contributed by atoms with Gasteiger partial charge >= 0.3 is 11.9 Å². The first-order chi connectivity index (χ1) is 7.58. The zero-order valence-electron chi connectivity index (χ0n) is 9.02. The molecule has 0 saturated heterocycles. The van der Waals surface area contributed by atoms with Gasteiger partial charge in [-0.2, -0.15) is 5.26 Å². The van der Waals surface area contributed by atoms with E-state index in [0.717, 1.165) is 25.0 Å². The highest BCUT2D eigenvalue weighted by Crippen LogP contribution is 1.94. The fourth-order valence-corrected chi connectivity index (χ4v) is 0.538. The molecule has 88 valence electrons. The van der Waals surface area contributed by atoms with Crippen molar-refractivity contribution in [2.45, 2.75) is 19.3 Å². The first kappa shape index (κ1) is 16.3. The molecular formula is C11H15NO4. The minimum absolute atomic E-state index is 0.381. The van der Waals surface area contributed by atoms with E-state index in [2.05, 4.69) is 17.9 Å². The number of carbonyl (C=O) groups is 2. The summed E-state index contributed by atoms with van der Waals surface area (Å²) in [6.07, 6.45) is 4.00. The number of nitriles is 1. The molecule has 0 unspecified atom stereocenters. The van der Waals surface area contributed by atoms with E-state index >= 15 is 0 Å². The Hall–Kier alpha value is -2.09. The summed E-state index contributed by atoms with van der Waals surface area (Å²) in [5, 5.41) is 15.8. The van der Waals surface area contributed by atoms with Crippen LogP contribution in [0.15, 0.2) is 25.3 Å². The number of rotatable bonds is 6. The van der Waals surface area contributed by atoms with Crippen LogP contribution in [-0.4, -0.2) is 23.7 Å². The lowest BCUT2D eigenvalue weighted by molar-refractivity contribution is -0.137. The molecule has 0 bridgehead atoms. The molecule has 0 amide bonds. The van der Waals surface area contributed by atoms with Crippen LogP contribution >= 0.6 is 0 Å². The van der Waals surface area contributed by atoms with Crippen LogP contribution in [0.1, 0.15) is 19.3 Å². The lowest BCUT2D eigenvalue weighted by Crippen LogP contribution is -2.01. The van der Waals surface area contributed by atoms with Crippen molar-refractivity contribution >= 4 is 11.9 Å². The van der Waals surface area contributed by atoms with Crippen LogP contribution in [0.4, 0.5) is 0 Å². The summed E-state index contributed by atoms with van der Waals surface area (Å²) in [6, 6.07) is 2.01. The Labute approximate surface area is 94.6 Å². The summed E-state index contributed by atoms with van der Waals surface area (Å²) in [5.74, 6) is -1.38. The second kappa shape index (κ2) is 12.9. The van der Waals surface area contributed by atoms with Gasteiger partial charge in [0.05, 0.1) is 12.7 Å². The van der Waals surface area contributed by atoms with E-state index in [-0.39, 0.29) is 0 Å². The van der Waals surface area contributed by atoms with Crippen LogP contribution in [0, 0.1) is 11.3 Å². The molecule has 0 aromatic heterocycles. The lowest BCUT2D eigenvalue weighted by atomic mass is 10.3. The molecule has 0 aliphatic carbocycles. The van der Waals surface area contributed by atoms with Gasteiger partial charge in [0.1, 0.15) is 0 Å². The Kier molecular flexibility index (Phi) is 13.2. The number of carboxylic acids is 1. The average Bonchev–Trinajstić information content (AvgIpc) is 2.29. The standard InChI is InChI=1S/C8H11NO2.C3H4O2/c1-2-8(10)11-7-5-3-4-6-9;1-2-3(4)5/h2H,1,3-5,7H2;2H,1H2,(H,4,5). The van der Waals surface area contributed by atoms with Crippen molar-refractivity contribution in [2.24, 2.45) is 0 Å². The molecule has 16 heavy (non-hydrogen) atoms. The molecule has 0 heterocycles. The third-order valence-corrected chi connectivity index (χ3v) is 1.27. The zero-order valence-corrected chi connectivity index (χ0v) is 9.02. The third-order valence-electron chi connectivity index (χ3n) is 1.27. The molecule has 0 saturated carbocycles. The van der Waals surface area contributed by atoms with E-state index in [1.165, 1.54) is 0 Å². The van der Waals surface area contributed by atoms with Gasteiger partial charge in [0.25, 0.3) is 0 Å². The molecule has 0 rings (SSSR count).